The lowest BCUT2D eigenvalue weighted by atomic mass is 10.0. The van der Waals surface area contributed by atoms with Crippen LogP contribution in [-0.4, -0.2) is 17.6 Å². The van der Waals surface area contributed by atoms with Gasteiger partial charge in [0.1, 0.15) is 11.5 Å². The molecule has 1 heterocycles. The van der Waals surface area contributed by atoms with Crippen molar-refractivity contribution in [2.24, 2.45) is 0 Å². The molecule has 4 heteroatoms. The Balaban J connectivity index is 2.04. The van der Waals surface area contributed by atoms with Crippen LogP contribution in [0.3, 0.4) is 0 Å². The number of carbonyl (C=O) groups is 1. The average Bonchev–Trinajstić information content (AvgIpc) is 2.66. The van der Waals surface area contributed by atoms with Crippen LogP contribution in [0.25, 0.3) is 11.8 Å². The Bertz CT molecular complexity index is 698. The van der Waals surface area contributed by atoms with Crippen molar-refractivity contribution in [3.63, 3.8) is 0 Å². The third-order valence-corrected chi connectivity index (χ3v) is 3.80. The van der Waals surface area contributed by atoms with Crippen LogP contribution >= 0.6 is 0 Å². The second-order valence-electron chi connectivity index (χ2n) is 5.39. The molecule has 1 amide bonds. The molecule has 0 spiro atoms. The first-order valence-corrected chi connectivity index (χ1v) is 7.58. The van der Waals surface area contributed by atoms with Crippen LogP contribution in [0.4, 0.5) is 0 Å². The van der Waals surface area contributed by atoms with Crippen molar-refractivity contribution in [1.82, 2.24) is 5.32 Å². The molecule has 4 nitrogen and oxygen atoms in total. The number of benzene rings is 1. The van der Waals surface area contributed by atoms with Crippen LogP contribution in [0.15, 0.2) is 41.6 Å². The van der Waals surface area contributed by atoms with E-state index in [0.717, 1.165) is 29.7 Å². The van der Waals surface area contributed by atoms with Crippen LogP contribution in [0.1, 0.15) is 37.3 Å². The number of ether oxygens (including phenoxy) is 1. The molecule has 0 unspecified atom stereocenters. The predicted octanol–water partition coefficient (Wildman–Crippen LogP) is 3.57. The van der Waals surface area contributed by atoms with Gasteiger partial charge in [-0.2, -0.15) is 0 Å². The molecular weight excluding hydrogens is 278 g/mol. The largest absolute Gasteiger partial charge is 0.505 e. The molecule has 2 aliphatic rings. The van der Waals surface area contributed by atoms with Gasteiger partial charge in [0.05, 0.1) is 12.3 Å². The average molecular weight is 297 g/mol. The quantitative estimate of drug-likeness (QED) is 0.835. The number of amides is 1. The zero-order valence-electron chi connectivity index (χ0n) is 12.6. The molecule has 1 aromatic carbocycles. The summed E-state index contributed by atoms with van der Waals surface area (Å²) in [6.45, 7) is 2.77. The Morgan fingerprint density at radius 3 is 3.00 bits per heavy atom. The number of hydrogen-bond acceptors (Lipinski definition) is 3. The van der Waals surface area contributed by atoms with Gasteiger partial charge in [-0.1, -0.05) is 37.6 Å². The molecule has 0 radical (unpaired) electrons. The Kier molecular flexibility index (Phi) is 4.00. The Morgan fingerprint density at radius 2 is 2.18 bits per heavy atom. The van der Waals surface area contributed by atoms with Gasteiger partial charge in [0.2, 0.25) is 5.91 Å². The van der Waals surface area contributed by atoms with E-state index in [0.29, 0.717) is 24.3 Å². The minimum atomic E-state index is -0.113. The molecule has 0 aromatic heterocycles. The predicted molar refractivity (Wildman–Crippen MR) is 86.3 cm³/mol. The number of aliphatic hydroxyl groups is 1. The molecule has 0 bridgehead atoms. The topological polar surface area (TPSA) is 58.6 Å². The van der Waals surface area contributed by atoms with E-state index in [-0.39, 0.29) is 11.7 Å². The van der Waals surface area contributed by atoms with Crippen LogP contribution in [0, 0.1) is 0 Å². The molecule has 1 aromatic rings. The zero-order valence-corrected chi connectivity index (χ0v) is 12.6. The first kappa shape index (κ1) is 14.4. The second kappa shape index (κ2) is 6.10. The van der Waals surface area contributed by atoms with Gasteiger partial charge in [-0.3, -0.25) is 4.79 Å². The summed E-state index contributed by atoms with van der Waals surface area (Å²) < 4.78 is 5.83. The molecule has 1 aliphatic heterocycles. The molecule has 0 atom stereocenters. The first-order valence-electron chi connectivity index (χ1n) is 7.58. The van der Waals surface area contributed by atoms with E-state index in [1.54, 1.807) is 0 Å². The fourth-order valence-electron chi connectivity index (χ4n) is 2.60. The summed E-state index contributed by atoms with van der Waals surface area (Å²) in [5, 5.41) is 13.3. The number of aliphatic hydroxyl groups excluding tert-OH is 1. The Labute approximate surface area is 129 Å². The van der Waals surface area contributed by atoms with Crippen LogP contribution in [0.5, 0.6) is 5.75 Å². The maximum atomic E-state index is 11.6. The van der Waals surface area contributed by atoms with Crippen molar-refractivity contribution >= 4 is 17.7 Å². The molecule has 22 heavy (non-hydrogen) atoms. The normalized spacial score (nSPS) is 16.4. The lowest BCUT2D eigenvalue weighted by Gasteiger charge is -2.17. The minimum absolute atomic E-state index is 0.0836. The van der Waals surface area contributed by atoms with E-state index >= 15 is 0 Å². The molecule has 2 N–H and O–H groups in total. The van der Waals surface area contributed by atoms with Crippen molar-refractivity contribution in [3.8, 4) is 5.75 Å². The number of fused-ring (bicyclic) bond motifs is 2. The zero-order chi connectivity index (χ0) is 15.5. The van der Waals surface area contributed by atoms with Crippen LogP contribution in [-0.2, 0) is 4.79 Å². The maximum absolute atomic E-state index is 11.6. The number of unbranched alkanes of at least 4 members (excludes halogenated alkanes) is 1. The van der Waals surface area contributed by atoms with Gasteiger partial charge in [-0.25, -0.2) is 0 Å². The molecule has 1 aliphatic carbocycles. The molecule has 0 saturated heterocycles. The summed E-state index contributed by atoms with van der Waals surface area (Å²) in [5.41, 5.74) is 2.81. The van der Waals surface area contributed by atoms with Gasteiger partial charge >= 0.3 is 0 Å². The SMILES string of the molecule is CCCCOc1cccc2c1C=CC1=CCC(=O)NC1=C2O. The highest BCUT2D eigenvalue weighted by atomic mass is 16.5. The molecular formula is C18H19NO3. The highest BCUT2D eigenvalue weighted by Crippen LogP contribution is 2.35. The monoisotopic (exact) mass is 297 g/mol. The third-order valence-electron chi connectivity index (χ3n) is 3.80. The first-order chi connectivity index (χ1) is 10.7. The molecule has 0 fully saturated rings. The summed E-state index contributed by atoms with van der Waals surface area (Å²) in [7, 11) is 0. The molecule has 0 saturated carbocycles. The highest BCUT2D eigenvalue weighted by molar-refractivity contribution is 5.90. The van der Waals surface area contributed by atoms with Crippen molar-refractivity contribution in [1.29, 1.82) is 0 Å². The van der Waals surface area contributed by atoms with Gasteiger partial charge in [-0.05, 0) is 24.1 Å². The van der Waals surface area contributed by atoms with E-state index in [4.69, 9.17) is 4.74 Å². The van der Waals surface area contributed by atoms with Gasteiger partial charge in [0, 0.05) is 17.5 Å². The summed E-state index contributed by atoms with van der Waals surface area (Å²) in [4.78, 5) is 11.6. The van der Waals surface area contributed by atoms with Gasteiger partial charge in [0.15, 0.2) is 0 Å². The van der Waals surface area contributed by atoms with Gasteiger partial charge in [0.25, 0.3) is 0 Å². The Morgan fingerprint density at radius 1 is 1.32 bits per heavy atom. The standard InChI is InChI=1S/C18H19NO3/c1-2-3-11-22-15-6-4-5-14-13(15)9-7-12-8-10-16(20)19-17(12)18(14)21/h4-9,21H,2-3,10-11H2,1H3,(H,19,20). The number of allylic oxidation sites excluding steroid dienone is 1. The summed E-state index contributed by atoms with van der Waals surface area (Å²) in [6.07, 6.45) is 8.05. The second-order valence-corrected chi connectivity index (χ2v) is 5.39. The smallest absolute Gasteiger partial charge is 0.228 e. The van der Waals surface area contributed by atoms with E-state index in [1.165, 1.54) is 0 Å². The highest BCUT2D eigenvalue weighted by Gasteiger charge is 2.23. The maximum Gasteiger partial charge on any atom is 0.228 e. The summed E-state index contributed by atoms with van der Waals surface area (Å²) in [6, 6.07) is 5.58. The van der Waals surface area contributed by atoms with E-state index in [1.807, 2.05) is 36.4 Å². The summed E-state index contributed by atoms with van der Waals surface area (Å²) >= 11 is 0. The number of nitrogens with one attached hydrogen (secondary N) is 1. The fourth-order valence-corrected chi connectivity index (χ4v) is 2.60. The summed E-state index contributed by atoms with van der Waals surface area (Å²) in [5.74, 6) is 0.720. The van der Waals surface area contributed by atoms with Crippen molar-refractivity contribution in [2.45, 2.75) is 26.2 Å². The van der Waals surface area contributed by atoms with Crippen LogP contribution in [0.2, 0.25) is 0 Å². The molecule has 3 rings (SSSR count). The Hall–Kier alpha value is -2.49. The lowest BCUT2D eigenvalue weighted by molar-refractivity contribution is -0.119. The van der Waals surface area contributed by atoms with Crippen molar-refractivity contribution in [3.05, 3.63) is 52.7 Å². The van der Waals surface area contributed by atoms with E-state index in [9.17, 15) is 9.90 Å². The van der Waals surface area contributed by atoms with Crippen molar-refractivity contribution < 1.29 is 14.6 Å². The van der Waals surface area contributed by atoms with E-state index < -0.39 is 0 Å². The van der Waals surface area contributed by atoms with Crippen LogP contribution < -0.4 is 10.1 Å². The number of rotatable bonds is 4. The lowest BCUT2D eigenvalue weighted by Crippen LogP contribution is -2.27. The minimum Gasteiger partial charge on any atom is -0.505 e. The fraction of sp³-hybridized carbons (Fsp3) is 0.278. The third kappa shape index (κ3) is 2.64. The van der Waals surface area contributed by atoms with E-state index in [2.05, 4.69) is 12.2 Å². The molecule has 114 valence electrons. The number of carbonyl (C=O) groups excluding carboxylic acids is 1. The van der Waals surface area contributed by atoms with Gasteiger partial charge < -0.3 is 15.2 Å². The number of hydrogen-bond donors (Lipinski definition) is 2. The van der Waals surface area contributed by atoms with Crippen molar-refractivity contribution in [2.75, 3.05) is 6.61 Å². The van der Waals surface area contributed by atoms with Gasteiger partial charge in [-0.15, -0.1) is 0 Å².